The minimum atomic E-state index is -3.33. The van der Waals surface area contributed by atoms with Crippen molar-refractivity contribution in [3.63, 3.8) is 0 Å². The third-order valence-corrected chi connectivity index (χ3v) is 2.65. The lowest BCUT2D eigenvalue weighted by Gasteiger charge is -2.00. The number of hydrogen-bond donors (Lipinski definition) is 1. The molecule has 0 aliphatic carbocycles. The van der Waals surface area contributed by atoms with Crippen LogP contribution in [0.15, 0.2) is 0 Å². The van der Waals surface area contributed by atoms with Gasteiger partial charge in [0.25, 0.3) is 0 Å². The maximum absolute atomic E-state index is 10.5. The molecule has 1 rings (SSSR count). The highest BCUT2D eigenvalue weighted by Crippen LogP contribution is 2.09. The molecule has 0 spiro atoms. The Balaban J connectivity index is 2.63. The summed E-state index contributed by atoms with van der Waals surface area (Å²) in [6.45, 7) is 0.778. The van der Waals surface area contributed by atoms with Gasteiger partial charge < -0.3 is 4.74 Å². The molecule has 5 heteroatoms. The topological polar surface area (TPSA) is 69.4 Å². The van der Waals surface area contributed by atoms with Crippen LogP contribution < -0.4 is 5.14 Å². The normalized spacial score (nSPS) is 28.8. The van der Waals surface area contributed by atoms with E-state index in [1.54, 1.807) is 0 Å². The second-order valence-electron chi connectivity index (χ2n) is 2.07. The Kier molecular flexibility index (Phi) is 1.74. The van der Waals surface area contributed by atoms with E-state index in [1.165, 1.54) is 0 Å². The Morgan fingerprint density at radius 1 is 1.56 bits per heavy atom. The van der Waals surface area contributed by atoms with Crippen LogP contribution in [-0.2, 0) is 14.8 Å². The van der Waals surface area contributed by atoms with Gasteiger partial charge in [-0.3, -0.25) is 0 Å². The summed E-state index contributed by atoms with van der Waals surface area (Å²) in [5.74, 6) is 0. The van der Waals surface area contributed by atoms with Crippen LogP contribution in [0.3, 0.4) is 0 Å². The molecule has 1 heterocycles. The molecule has 1 aliphatic heterocycles. The number of ether oxygens (including phenoxy) is 1. The first-order valence-corrected chi connectivity index (χ1v) is 4.31. The Morgan fingerprint density at radius 3 is 2.44 bits per heavy atom. The molecule has 9 heavy (non-hydrogen) atoms. The van der Waals surface area contributed by atoms with E-state index in [1.807, 2.05) is 0 Å². The van der Waals surface area contributed by atoms with Gasteiger partial charge in [0, 0.05) is 6.61 Å². The van der Waals surface area contributed by atoms with Crippen molar-refractivity contribution in [2.24, 2.45) is 5.14 Å². The van der Waals surface area contributed by atoms with Gasteiger partial charge in [-0.05, 0) is 6.42 Å². The lowest BCUT2D eigenvalue weighted by atomic mass is 10.4. The molecule has 0 aromatic rings. The van der Waals surface area contributed by atoms with Crippen molar-refractivity contribution >= 4 is 10.0 Å². The van der Waals surface area contributed by atoms with Crippen molar-refractivity contribution in [2.75, 3.05) is 13.2 Å². The predicted octanol–water partition coefficient (Wildman–Crippen LogP) is -0.936. The van der Waals surface area contributed by atoms with Crippen LogP contribution in [0.1, 0.15) is 6.42 Å². The summed E-state index contributed by atoms with van der Waals surface area (Å²) in [6, 6.07) is 0. The van der Waals surface area contributed by atoms with Crippen molar-refractivity contribution in [1.82, 2.24) is 0 Å². The number of hydrogen-bond acceptors (Lipinski definition) is 3. The van der Waals surface area contributed by atoms with Gasteiger partial charge in [-0.15, -0.1) is 0 Å². The van der Waals surface area contributed by atoms with Crippen molar-refractivity contribution in [1.29, 1.82) is 0 Å². The van der Waals surface area contributed by atoms with E-state index in [9.17, 15) is 8.42 Å². The van der Waals surface area contributed by atoms with Gasteiger partial charge in [0.05, 0.1) is 6.61 Å². The van der Waals surface area contributed by atoms with Crippen LogP contribution in [0.4, 0.5) is 0 Å². The Bertz CT molecular complexity index is 180. The van der Waals surface area contributed by atoms with Gasteiger partial charge in [-0.2, -0.15) is 0 Å². The van der Waals surface area contributed by atoms with Crippen LogP contribution >= 0.6 is 0 Å². The predicted molar refractivity (Wildman–Crippen MR) is 32.3 cm³/mol. The lowest BCUT2D eigenvalue weighted by molar-refractivity contribution is 0.198. The third kappa shape index (κ3) is 1.64. The number of rotatable bonds is 1. The summed E-state index contributed by atoms with van der Waals surface area (Å²) < 4.78 is 25.9. The molecule has 0 aromatic carbocycles. The van der Waals surface area contributed by atoms with E-state index in [0.717, 1.165) is 0 Å². The molecule has 0 amide bonds. The molecule has 54 valence electrons. The highest BCUT2D eigenvalue weighted by Gasteiger charge is 2.25. The average Bonchev–Trinajstić information content (AvgIpc) is 2.08. The van der Waals surface area contributed by atoms with Crippen LogP contribution in [-0.4, -0.2) is 26.9 Å². The van der Waals surface area contributed by atoms with Crippen LogP contribution in [0, 0.1) is 0 Å². The number of primary sulfonamides is 1. The van der Waals surface area contributed by atoms with E-state index < -0.39 is 15.3 Å². The molecular weight excluding hydrogens is 142 g/mol. The zero-order chi connectivity index (χ0) is 6.91. The molecule has 1 atom stereocenters. The zero-order valence-electron chi connectivity index (χ0n) is 4.91. The maximum Gasteiger partial charge on any atom is 0.214 e. The van der Waals surface area contributed by atoms with Crippen LogP contribution in [0.2, 0.25) is 0 Å². The molecule has 0 bridgehead atoms. The Hall–Kier alpha value is -0.130. The quantitative estimate of drug-likeness (QED) is 0.526. The molecule has 0 unspecified atom stereocenters. The molecule has 0 radical (unpaired) electrons. The molecule has 1 fully saturated rings. The lowest BCUT2D eigenvalue weighted by Crippen LogP contribution is -2.28. The van der Waals surface area contributed by atoms with Crippen molar-refractivity contribution in [3.8, 4) is 0 Å². The van der Waals surface area contributed by atoms with Crippen molar-refractivity contribution in [2.45, 2.75) is 11.7 Å². The van der Waals surface area contributed by atoms with Gasteiger partial charge in [0.1, 0.15) is 5.25 Å². The van der Waals surface area contributed by atoms with E-state index in [4.69, 9.17) is 9.88 Å². The van der Waals surface area contributed by atoms with E-state index in [0.29, 0.717) is 13.0 Å². The van der Waals surface area contributed by atoms with Crippen molar-refractivity contribution in [3.05, 3.63) is 0 Å². The minimum Gasteiger partial charge on any atom is -0.380 e. The van der Waals surface area contributed by atoms with Gasteiger partial charge in [-0.1, -0.05) is 0 Å². The largest absolute Gasteiger partial charge is 0.380 e. The third-order valence-electron chi connectivity index (χ3n) is 1.35. The summed E-state index contributed by atoms with van der Waals surface area (Å²) in [4.78, 5) is 0. The summed E-state index contributed by atoms with van der Waals surface area (Å²) in [5.41, 5.74) is 0. The van der Waals surface area contributed by atoms with Gasteiger partial charge in [-0.25, -0.2) is 13.6 Å². The summed E-state index contributed by atoms with van der Waals surface area (Å²) in [6.07, 6.45) is 0.541. The number of nitrogens with two attached hydrogens (primary N) is 1. The fraction of sp³-hybridized carbons (Fsp3) is 1.00. The SMILES string of the molecule is NS(=O)(=O)[C@@H]1CCOC1. The van der Waals surface area contributed by atoms with Crippen LogP contribution in [0.5, 0.6) is 0 Å². The van der Waals surface area contributed by atoms with Gasteiger partial charge in [0.2, 0.25) is 10.0 Å². The monoisotopic (exact) mass is 151 g/mol. The number of sulfonamides is 1. The first-order chi connectivity index (χ1) is 4.11. The first-order valence-electron chi connectivity index (χ1n) is 2.70. The van der Waals surface area contributed by atoms with E-state index in [2.05, 4.69) is 0 Å². The molecule has 2 N–H and O–H groups in total. The van der Waals surface area contributed by atoms with Crippen LogP contribution in [0.25, 0.3) is 0 Å². The van der Waals surface area contributed by atoms with Gasteiger partial charge in [0.15, 0.2) is 0 Å². The molecule has 4 nitrogen and oxygen atoms in total. The summed E-state index contributed by atoms with van der Waals surface area (Å²) in [7, 11) is -3.33. The molecule has 1 saturated heterocycles. The standard InChI is InChI=1S/C4H9NO3S/c5-9(6,7)4-1-2-8-3-4/h4H,1-3H2,(H2,5,6,7)/t4-/m1/s1. The fourth-order valence-corrected chi connectivity index (χ4v) is 1.48. The molecule has 0 aromatic heterocycles. The average molecular weight is 151 g/mol. The second-order valence-corrected chi connectivity index (χ2v) is 3.92. The fourth-order valence-electron chi connectivity index (χ4n) is 0.772. The Labute approximate surface area is 54.0 Å². The first kappa shape index (κ1) is 6.98. The Morgan fingerprint density at radius 2 is 2.22 bits per heavy atom. The second kappa shape index (κ2) is 2.24. The molecule has 0 saturated carbocycles. The maximum atomic E-state index is 10.5. The molecule has 1 aliphatic rings. The van der Waals surface area contributed by atoms with E-state index in [-0.39, 0.29) is 6.61 Å². The zero-order valence-corrected chi connectivity index (χ0v) is 5.73. The highest BCUT2D eigenvalue weighted by atomic mass is 32.2. The molecular formula is C4H9NO3S. The smallest absolute Gasteiger partial charge is 0.214 e. The summed E-state index contributed by atoms with van der Waals surface area (Å²) in [5, 5.41) is 4.37. The highest BCUT2D eigenvalue weighted by molar-refractivity contribution is 7.89. The summed E-state index contributed by atoms with van der Waals surface area (Å²) >= 11 is 0. The van der Waals surface area contributed by atoms with Crippen molar-refractivity contribution < 1.29 is 13.2 Å². The van der Waals surface area contributed by atoms with Gasteiger partial charge >= 0.3 is 0 Å². The van der Waals surface area contributed by atoms with E-state index >= 15 is 0 Å². The minimum absolute atomic E-state index is 0.263.